The SMILES string of the molecule is CC(C)C[O-].CC(C)C[O-].CCC(C(C)=O)C(=O)[O-].[Al+3]. The van der Waals surface area contributed by atoms with Crippen LogP contribution in [0.5, 0.6) is 0 Å². The summed E-state index contributed by atoms with van der Waals surface area (Å²) in [7, 11) is 0. The third-order valence-electron chi connectivity index (χ3n) is 1.85. The first-order valence-electron chi connectivity index (χ1n) is 6.51. The predicted molar refractivity (Wildman–Crippen MR) is 74.6 cm³/mol. The second-order valence-electron chi connectivity index (χ2n) is 5.01. The van der Waals surface area contributed by atoms with Crippen LogP contribution in [-0.2, 0) is 9.59 Å². The molecular formula is C14H27AlO5. The Kier molecular flexibility index (Phi) is 25.9. The first-order chi connectivity index (χ1) is 8.63. The molecule has 0 radical (unpaired) electrons. The zero-order chi connectivity index (χ0) is 16.0. The zero-order valence-corrected chi connectivity index (χ0v) is 14.6. The molecule has 0 aliphatic carbocycles. The van der Waals surface area contributed by atoms with E-state index in [1.54, 1.807) is 6.92 Å². The van der Waals surface area contributed by atoms with E-state index in [0.29, 0.717) is 18.3 Å². The van der Waals surface area contributed by atoms with Crippen LogP contribution in [0.2, 0.25) is 0 Å². The monoisotopic (exact) mass is 302 g/mol. The Labute approximate surface area is 133 Å². The van der Waals surface area contributed by atoms with Crippen molar-refractivity contribution in [3.8, 4) is 0 Å². The van der Waals surface area contributed by atoms with Crippen molar-refractivity contribution in [3.05, 3.63) is 0 Å². The van der Waals surface area contributed by atoms with Crippen LogP contribution in [0.3, 0.4) is 0 Å². The Morgan fingerprint density at radius 2 is 1.20 bits per heavy atom. The van der Waals surface area contributed by atoms with Crippen molar-refractivity contribution in [1.29, 1.82) is 0 Å². The Bertz CT molecular complexity index is 208. The third-order valence-corrected chi connectivity index (χ3v) is 1.85. The largest absolute Gasteiger partial charge is 3.00 e. The minimum absolute atomic E-state index is 0. The van der Waals surface area contributed by atoms with Gasteiger partial charge in [0.1, 0.15) is 5.78 Å². The average Bonchev–Trinajstić information content (AvgIpc) is 2.30. The van der Waals surface area contributed by atoms with Gasteiger partial charge in [-0.25, -0.2) is 0 Å². The van der Waals surface area contributed by atoms with Crippen molar-refractivity contribution in [3.63, 3.8) is 0 Å². The van der Waals surface area contributed by atoms with Crippen molar-refractivity contribution in [2.45, 2.75) is 48.0 Å². The molecule has 116 valence electrons. The van der Waals surface area contributed by atoms with E-state index < -0.39 is 11.9 Å². The second-order valence-corrected chi connectivity index (χ2v) is 5.01. The van der Waals surface area contributed by atoms with E-state index in [-0.39, 0.29) is 36.4 Å². The van der Waals surface area contributed by atoms with Gasteiger partial charge in [0.15, 0.2) is 0 Å². The number of carboxylic acids is 1. The number of rotatable bonds is 5. The molecule has 0 rings (SSSR count). The molecule has 5 nitrogen and oxygen atoms in total. The van der Waals surface area contributed by atoms with Crippen LogP contribution in [0.4, 0.5) is 0 Å². The van der Waals surface area contributed by atoms with Gasteiger partial charge in [-0.2, -0.15) is 0 Å². The Hall–Kier alpha value is -0.408. The van der Waals surface area contributed by atoms with Crippen LogP contribution < -0.4 is 15.3 Å². The van der Waals surface area contributed by atoms with Gasteiger partial charge in [-0.05, 0) is 13.3 Å². The average molecular weight is 302 g/mol. The smallest absolute Gasteiger partial charge is 0.854 e. The molecule has 0 amide bonds. The number of carbonyl (C=O) groups is 2. The van der Waals surface area contributed by atoms with Crippen LogP contribution in [0.1, 0.15) is 48.0 Å². The number of hydrogen-bond donors (Lipinski definition) is 0. The minimum atomic E-state index is -1.27. The molecular weight excluding hydrogens is 275 g/mol. The first-order valence-corrected chi connectivity index (χ1v) is 6.51. The quantitative estimate of drug-likeness (QED) is 0.477. The summed E-state index contributed by atoms with van der Waals surface area (Å²) in [5.74, 6) is -1.86. The molecule has 1 atom stereocenters. The van der Waals surface area contributed by atoms with Gasteiger partial charge in [0.05, 0.1) is 11.9 Å². The summed E-state index contributed by atoms with van der Waals surface area (Å²) in [5.41, 5.74) is 0. The molecule has 1 unspecified atom stereocenters. The van der Waals surface area contributed by atoms with Crippen LogP contribution in [-0.4, -0.2) is 42.3 Å². The zero-order valence-electron chi connectivity index (χ0n) is 13.5. The Morgan fingerprint density at radius 3 is 1.20 bits per heavy atom. The topological polar surface area (TPSA) is 103 Å². The number of carbonyl (C=O) groups excluding carboxylic acids is 2. The maximum Gasteiger partial charge on any atom is 3.00 e. The maximum absolute atomic E-state index is 10.4. The molecule has 0 fully saturated rings. The minimum Gasteiger partial charge on any atom is -0.854 e. The van der Waals surface area contributed by atoms with E-state index in [9.17, 15) is 24.9 Å². The summed E-state index contributed by atoms with van der Waals surface area (Å²) >= 11 is 0. The summed E-state index contributed by atoms with van der Waals surface area (Å²) in [6.45, 7) is 10.6. The van der Waals surface area contributed by atoms with Crippen molar-refractivity contribution in [2.24, 2.45) is 17.8 Å². The number of carboxylic acid groups (broad SMARTS) is 1. The summed E-state index contributed by atoms with van der Waals surface area (Å²) in [6, 6.07) is 0. The van der Waals surface area contributed by atoms with Crippen molar-refractivity contribution in [1.82, 2.24) is 0 Å². The number of aliphatic carboxylic acids is 1. The van der Waals surface area contributed by atoms with E-state index in [2.05, 4.69) is 0 Å². The molecule has 0 saturated heterocycles. The number of ketones is 1. The molecule has 0 N–H and O–H groups in total. The van der Waals surface area contributed by atoms with E-state index in [4.69, 9.17) is 0 Å². The number of hydrogen-bond acceptors (Lipinski definition) is 5. The fourth-order valence-electron chi connectivity index (χ4n) is 0.620. The molecule has 0 bridgehead atoms. The van der Waals surface area contributed by atoms with Crippen LogP contribution in [0, 0.1) is 17.8 Å². The van der Waals surface area contributed by atoms with Gasteiger partial charge < -0.3 is 20.1 Å². The molecule has 0 saturated carbocycles. The number of Topliss-reactive ketones (excluding diaryl/α,β-unsaturated/α-hetero) is 1. The van der Waals surface area contributed by atoms with E-state index >= 15 is 0 Å². The van der Waals surface area contributed by atoms with Crippen molar-refractivity contribution >= 4 is 29.1 Å². The third kappa shape index (κ3) is 26.2. The van der Waals surface area contributed by atoms with Gasteiger partial charge in [-0.1, -0.05) is 46.5 Å². The molecule has 0 spiro atoms. The van der Waals surface area contributed by atoms with E-state index in [0.717, 1.165) is 0 Å². The molecule has 0 aliphatic rings. The molecule has 0 aromatic carbocycles. The first kappa shape index (κ1) is 27.9. The summed E-state index contributed by atoms with van der Waals surface area (Å²) < 4.78 is 0. The molecule has 0 aliphatic heterocycles. The summed E-state index contributed by atoms with van der Waals surface area (Å²) in [4.78, 5) is 20.4. The van der Waals surface area contributed by atoms with Crippen LogP contribution in [0.25, 0.3) is 0 Å². The normalized spacial score (nSPS) is 10.5. The second kappa shape index (κ2) is 18.6. The van der Waals surface area contributed by atoms with Gasteiger partial charge in [0.2, 0.25) is 0 Å². The Morgan fingerprint density at radius 1 is 0.950 bits per heavy atom. The van der Waals surface area contributed by atoms with Crippen molar-refractivity contribution < 1.29 is 24.9 Å². The van der Waals surface area contributed by atoms with Gasteiger partial charge in [0, 0.05) is 0 Å². The van der Waals surface area contributed by atoms with E-state index in [1.807, 2.05) is 27.7 Å². The van der Waals surface area contributed by atoms with Gasteiger partial charge in [-0.3, -0.25) is 4.79 Å². The molecule has 0 heterocycles. The van der Waals surface area contributed by atoms with Crippen LogP contribution >= 0.6 is 0 Å². The molecule has 0 aromatic rings. The van der Waals surface area contributed by atoms with Gasteiger partial charge in [-0.15, -0.1) is 13.2 Å². The molecule has 20 heavy (non-hydrogen) atoms. The van der Waals surface area contributed by atoms with Crippen LogP contribution in [0.15, 0.2) is 0 Å². The molecule has 0 aromatic heterocycles. The fraction of sp³-hybridized carbons (Fsp3) is 0.857. The van der Waals surface area contributed by atoms with Gasteiger partial charge in [0.25, 0.3) is 0 Å². The maximum atomic E-state index is 10.4. The fourth-order valence-corrected chi connectivity index (χ4v) is 0.620. The van der Waals surface area contributed by atoms with E-state index in [1.165, 1.54) is 6.92 Å². The van der Waals surface area contributed by atoms with Gasteiger partial charge >= 0.3 is 17.4 Å². The summed E-state index contributed by atoms with van der Waals surface area (Å²) in [6.07, 6.45) is 0.317. The Balaban J connectivity index is -0.000000101. The molecule has 6 heteroatoms. The predicted octanol–water partition coefficient (Wildman–Crippen LogP) is -1.02. The summed E-state index contributed by atoms with van der Waals surface area (Å²) in [5, 5.41) is 29.3. The van der Waals surface area contributed by atoms with Crippen molar-refractivity contribution in [2.75, 3.05) is 13.2 Å². The standard InChI is InChI=1S/C6H10O3.2C4H9O.Al/c1-3-5(4(2)7)6(8)9;2*1-4(2)3-5;/h5H,3H2,1-2H3,(H,8,9);2*4H,3H2,1-2H3;/q;2*-1;+3/p-1.